The lowest BCUT2D eigenvalue weighted by atomic mass is 10.00. The van der Waals surface area contributed by atoms with E-state index in [0.29, 0.717) is 0 Å². The Morgan fingerprint density at radius 1 is 0.226 bits per heavy atom. The molecular formula is C58H38N2S2. The van der Waals surface area contributed by atoms with Crippen molar-refractivity contribution in [3.63, 3.8) is 0 Å². The summed E-state index contributed by atoms with van der Waals surface area (Å²) in [6, 6.07) is 84.2. The van der Waals surface area contributed by atoms with Crippen LogP contribution in [0.25, 0.3) is 73.4 Å². The Morgan fingerprint density at radius 3 is 1.34 bits per heavy atom. The van der Waals surface area contributed by atoms with Gasteiger partial charge in [-0.15, -0.1) is 22.7 Å². The molecule has 0 saturated carbocycles. The Labute approximate surface area is 368 Å². The van der Waals surface area contributed by atoms with Crippen molar-refractivity contribution in [1.29, 1.82) is 0 Å². The first-order chi connectivity index (χ1) is 30.7. The maximum absolute atomic E-state index is 2.42. The van der Waals surface area contributed by atoms with Crippen molar-refractivity contribution in [3.05, 3.63) is 231 Å². The zero-order valence-corrected chi connectivity index (χ0v) is 35.3. The number of rotatable bonds is 8. The van der Waals surface area contributed by atoms with Crippen molar-refractivity contribution in [3.8, 4) is 22.3 Å². The second-order valence-corrected chi connectivity index (χ2v) is 17.9. The first-order valence-electron chi connectivity index (χ1n) is 21.0. The zero-order chi connectivity index (χ0) is 41.0. The maximum Gasteiger partial charge on any atom is 0.0476 e. The molecule has 2 heterocycles. The van der Waals surface area contributed by atoms with Crippen molar-refractivity contribution in [2.24, 2.45) is 0 Å². The quantitative estimate of drug-likeness (QED) is 0.151. The van der Waals surface area contributed by atoms with Crippen LogP contribution in [0.2, 0.25) is 0 Å². The molecule has 0 aliphatic carbocycles. The van der Waals surface area contributed by atoms with Crippen LogP contribution in [-0.4, -0.2) is 0 Å². The van der Waals surface area contributed by atoms with Crippen LogP contribution in [-0.2, 0) is 0 Å². The van der Waals surface area contributed by atoms with Crippen LogP contribution in [0.4, 0.5) is 34.1 Å². The molecule has 0 aliphatic rings. The molecule has 0 spiro atoms. The number of thiophene rings is 2. The molecular weight excluding hydrogens is 789 g/mol. The molecule has 292 valence electrons. The smallest absolute Gasteiger partial charge is 0.0476 e. The molecule has 2 aromatic heterocycles. The van der Waals surface area contributed by atoms with E-state index in [-0.39, 0.29) is 0 Å². The van der Waals surface area contributed by atoms with E-state index < -0.39 is 0 Å². The number of fused-ring (bicyclic) bond motifs is 7. The van der Waals surface area contributed by atoms with E-state index in [0.717, 1.165) is 34.1 Å². The lowest BCUT2D eigenvalue weighted by Gasteiger charge is -2.26. The van der Waals surface area contributed by atoms with Crippen LogP contribution in [0.5, 0.6) is 0 Å². The third-order valence-electron chi connectivity index (χ3n) is 12.0. The summed E-state index contributed by atoms with van der Waals surface area (Å²) in [5.74, 6) is 0. The lowest BCUT2D eigenvalue weighted by molar-refractivity contribution is 1.29. The van der Waals surface area contributed by atoms with Gasteiger partial charge in [0.15, 0.2) is 0 Å². The third kappa shape index (κ3) is 6.49. The Kier molecular flexibility index (Phi) is 8.91. The molecule has 0 aliphatic heterocycles. The highest BCUT2D eigenvalue weighted by molar-refractivity contribution is 7.26. The molecule has 0 N–H and O–H groups in total. The Bertz CT molecular complexity index is 3570. The lowest BCUT2D eigenvalue weighted by Crippen LogP contribution is -2.10. The van der Waals surface area contributed by atoms with Gasteiger partial charge in [0.25, 0.3) is 0 Å². The molecule has 62 heavy (non-hydrogen) atoms. The van der Waals surface area contributed by atoms with Crippen LogP contribution in [0.1, 0.15) is 0 Å². The van der Waals surface area contributed by atoms with Gasteiger partial charge >= 0.3 is 0 Å². The fraction of sp³-hybridized carbons (Fsp3) is 0. The molecule has 0 atom stereocenters. The average Bonchev–Trinajstić information content (AvgIpc) is 3.90. The highest BCUT2D eigenvalue weighted by atomic mass is 32.1. The molecule has 4 heteroatoms. The number of anilines is 6. The summed E-state index contributed by atoms with van der Waals surface area (Å²) >= 11 is 3.72. The van der Waals surface area contributed by atoms with Gasteiger partial charge in [-0.05, 0) is 130 Å². The first kappa shape index (κ1) is 36.4. The normalized spacial score (nSPS) is 11.5. The second-order valence-electron chi connectivity index (χ2n) is 15.8. The van der Waals surface area contributed by atoms with Gasteiger partial charge in [0.1, 0.15) is 0 Å². The van der Waals surface area contributed by atoms with Crippen molar-refractivity contribution in [2.45, 2.75) is 0 Å². The van der Waals surface area contributed by atoms with E-state index in [9.17, 15) is 0 Å². The molecule has 0 saturated heterocycles. The summed E-state index contributed by atoms with van der Waals surface area (Å²) in [5, 5.41) is 7.64. The minimum Gasteiger partial charge on any atom is -0.310 e. The van der Waals surface area contributed by atoms with Gasteiger partial charge in [0, 0.05) is 74.5 Å². The number of benzene rings is 10. The van der Waals surface area contributed by atoms with Crippen LogP contribution in [0, 0.1) is 0 Å². The average molecular weight is 827 g/mol. The Hall–Kier alpha value is -7.50. The van der Waals surface area contributed by atoms with Crippen molar-refractivity contribution in [1.82, 2.24) is 0 Å². The van der Waals surface area contributed by atoms with Gasteiger partial charge < -0.3 is 9.80 Å². The van der Waals surface area contributed by atoms with E-state index in [2.05, 4.69) is 240 Å². The van der Waals surface area contributed by atoms with E-state index in [4.69, 9.17) is 0 Å². The zero-order valence-electron chi connectivity index (χ0n) is 33.7. The Balaban J connectivity index is 0.993. The SMILES string of the molecule is c1ccc(N(c2ccccc2)c2ccc3c(c2)sc2cc(N(c4cccc(-c5ccc6ccccc6c5)c4)c4cccc(-c5ccc6sc7ccccc7c6c5)c4)ccc23)cc1. The summed E-state index contributed by atoms with van der Waals surface area (Å²) < 4.78 is 5.15. The predicted octanol–water partition coefficient (Wildman–Crippen LogP) is 17.8. The molecule has 12 aromatic rings. The largest absolute Gasteiger partial charge is 0.310 e. The highest BCUT2D eigenvalue weighted by Gasteiger charge is 2.19. The maximum atomic E-state index is 2.42. The molecule has 0 bridgehead atoms. The van der Waals surface area contributed by atoms with Crippen LogP contribution in [0.3, 0.4) is 0 Å². The van der Waals surface area contributed by atoms with Crippen LogP contribution < -0.4 is 9.80 Å². The molecule has 10 aromatic carbocycles. The molecule has 0 radical (unpaired) electrons. The number of hydrogen-bond acceptors (Lipinski definition) is 4. The first-order valence-corrected chi connectivity index (χ1v) is 22.6. The van der Waals surface area contributed by atoms with Crippen molar-refractivity contribution >= 4 is 108 Å². The minimum absolute atomic E-state index is 1.11. The minimum atomic E-state index is 1.11. The fourth-order valence-corrected chi connectivity index (χ4v) is 11.3. The van der Waals surface area contributed by atoms with Gasteiger partial charge in [0.2, 0.25) is 0 Å². The van der Waals surface area contributed by atoms with Gasteiger partial charge in [-0.25, -0.2) is 0 Å². The van der Waals surface area contributed by atoms with E-state index in [1.807, 2.05) is 22.7 Å². The summed E-state index contributed by atoms with van der Waals surface area (Å²) in [6.45, 7) is 0. The third-order valence-corrected chi connectivity index (χ3v) is 14.3. The molecule has 0 fully saturated rings. The molecule has 2 nitrogen and oxygen atoms in total. The fourth-order valence-electron chi connectivity index (χ4n) is 9.00. The summed E-state index contributed by atoms with van der Waals surface area (Å²) in [5.41, 5.74) is 11.5. The number of para-hydroxylation sites is 2. The van der Waals surface area contributed by atoms with Gasteiger partial charge in [-0.3, -0.25) is 0 Å². The Morgan fingerprint density at radius 2 is 0.677 bits per heavy atom. The van der Waals surface area contributed by atoms with Gasteiger partial charge in [0.05, 0.1) is 0 Å². The standard InChI is InChI=1S/C58H38N2S2/c1-3-17-45(18-4-1)59(46-19-5-2-6-20-46)49-28-30-52-53-31-29-50(38-58(53)62-57(52)37-49)60(47-21-11-15-41(34-47)43-26-25-39-13-7-8-14-40(39)33-43)48-22-12-16-42(35-48)44-27-32-56-54(36-44)51-23-9-10-24-55(51)61-56/h1-38H. The highest BCUT2D eigenvalue weighted by Crippen LogP contribution is 2.45. The molecule has 0 unspecified atom stereocenters. The predicted molar refractivity (Wildman–Crippen MR) is 270 cm³/mol. The van der Waals surface area contributed by atoms with E-state index in [1.165, 1.54) is 73.4 Å². The van der Waals surface area contributed by atoms with Crippen LogP contribution >= 0.6 is 22.7 Å². The van der Waals surface area contributed by atoms with Crippen LogP contribution in [0.15, 0.2) is 231 Å². The second kappa shape index (κ2) is 15.2. The summed E-state index contributed by atoms with van der Waals surface area (Å²) in [6.07, 6.45) is 0. The summed E-state index contributed by atoms with van der Waals surface area (Å²) in [4.78, 5) is 4.76. The van der Waals surface area contributed by atoms with E-state index in [1.54, 1.807) is 0 Å². The molecule has 0 amide bonds. The monoisotopic (exact) mass is 826 g/mol. The number of hydrogen-bond donors (Lipinski definition) is 0. The van der Waals surface area contributed by atoms with Crippen molar-refractivity contribution < 1.29 is 0 Å². The summed E-state index contributed by atoms with van der Waals surface area (Å²) in [7, 11) is 0. The van der Waals surface area contributed by atoms with Gasteiger partial charge in [-0.2, -0.15) is 0 Å². The number of nitrogens with zero attached hydrogens (tertiary/aromatic N) is 2. The topological polar surface area (TPSA) is 6.48 Å². The molecule has 12 rings (SSSR count). The van der Waals surface area contributed by atoms with E-state index >= 15 is 0 Å². The van der Waals surface area contributed by atoms with Crippen molar-refractivity contribution in [2.75, 3.05) is 9.80 Å². The van der Waals surface area contributed by atoms with Gasteiger partial charge in [-0.1, -0.05) is 133 Å².